The molecule has 0 aromatic carbocycles. The summed E-state index contributed by atoms with van der Waals surface area (Å²) in [6, 6.07) is 0.00938. The lowest BCUT2D eigenvalue weighted by molar-refractivity contribution is -0.163. The van der Waals surface area contributed by atoms with Crippen molar-refractivity contribution in [2.24, 2.45) is 17.3 Å². The minimum Gasteiger partial charge on any atom is -0.477 e. The molecule has 8 nitrogen and oxygen atoms in total. The highest BCUT2D eigenvalue weighted by Crippen LogP contribution is 2.56. The van der Waals surface area contributed by atoms with Crippen LogP contribution in [-0.4, -0.2) is 80.9 Å². The molecule has 5 aliphatic rings. The second-order valence-corrected chi connectivity index (χ2v) is 11.7. The van der Waals surface area contributed by atoms with E-state index >= 15 is 0 Å². The predicted molar refractivity (Wildman–Crippen MR) is 120 cm³/mol. The summed E-state index contributed by atoms with van der Waals surface area (Å²) in [5.41, 5.74) is 0.152. The second-order valence-electron chi connectivity index (χ2n) is 10.3. The number of nitrogens with zero attached hydrogens (tertiary/aromatic N) is 2. The van der Waals surface area contributed by atoms with Gasteiger partial charge in [0.2, 0.25) is 11.8 Å². The van der Waals surface area contributed by atoms with Gasteiger partial charge in [-0.25, -0.2) is 4.79 Å². The van der Waals surface area contributed by atoms with Gasteiger partial charge >= 0.3 is 5.97 Å². The van der Waals surface area contributed by atoms with Gasteiger partial charge < -0.3 is 25.3 Å². The lowest BCUT2D eigenvalue weighted by atomic mass is 9.79. The van der Waals surface area contributed by atoms with Crippen molar-refractivity contribution in [2.45, 2.75) is 75.8 Å². The summed E-state index contributed by atoms with van der Waals surface area (Å²) in [5, 5.41) is 23.7. The van der Waals surface area contributed by atoms with E-state index < -0.39 is 18.0 Å². The summed E-state index contributed by atoms with van der Waals surface area (Å²) in [7, 11) is 0. The zero-order chi connectivity index (χ0) is 22.8. The van der Waals surface area contributed by atoms with Crippen LogP contribution < -0.4 is 5.32 Å². The molecule has 4 fully saturated rings. The number of thioether (sulfide) groups is 1. The number of hydrogen-bond acceptors (Lipinski definition) is 6. The number of amides is 2. The Hall–Kier alpha value is -1.58. The van der Waals surface area contributed by atoms with Gasteiger partial charge in [0.25, 0.3) is 0 Å². The molecule has 1 aliphatic carbocycles. The number of rotatable bonds is 7. The molecule has 0 unspecified atom stereocenters. The van der Waals surface area contributed by atoms with Gasteiger partial charge in [0.15, 0.2) is 0 Å². The average Bonchev–Trinajstić information content (AvgIpc) is 3.13. The van der Waals surface area contributed by atoms with Crippen LogP contribution in [0.1, 0.15) is 52.4 Å². The fourth-order valence-electron chi connectivity index (χ4n) is 6.31. The van der Waals surface area contributed by atoms with Crippen LogP contribution in [0.2, 0.25) is 0 Å². The van der Waals surface area contributed by atoms with E-state index in [1.165, 1.54) is 4.90 Å². The molecule has 0 aromatic heterocycles. The van der Waals surface area contributed by atoms with E-state index in [9.17, 15) is 24.6 Å². The van der Waals surface area contributed by atoms with Gasteiger partial charge in [0.05, 0.1) is 18.1 Å². The molecule has 2 amide bonds. The van der Waals surface area contributed by atoms with E-state index in [4.69, 9.17) is 0 Å². The van der Waals surface area contributed by atoms with E-state index in [0.29, 0.717) is 6.42 Å². The van der Waals surface area contributed by atoms with Crippen molar-refractivity contribution in [1.82, 2.24) is 15.1 Å². The van der Waals surface area contributed by atoms with E-state index in [0.717, 1.165) is 56.6 Å². The minimum atomic E-state index is -1.07. The van der Waals surface area contributed by atoms with Crippen molar-refractivity contribution in [3.8, 4) is 0 Å². The molecule has 0 aromatic rings. The Balaban J connectivity index is 1.26. The molecule has 4 aliphatic heterocycles. The lowest BCUT2D eigenvalue weighted by Crippen LogP contribution is -2.63. The predicted octanol–water partition coefficient (Wildman–Crippen LogP) is 1.40. The van der Waals surface area contributed by atoms with Crippen molar-refractivity contribution in [1.29, 1.82) is 0 Å². The third kappa shape index (κ3) is 3.47. The summed E-state index contributed by atoms with van der Waals surface area (Å²) >= 11 is 1.58. The molecular weight excluding hydrogens is 430 g/mol. The van der Waals surface area contributed by atoms with Gasteiger partial charge in [-0.15, -0.1) is 11.8 Å². The standard InChI is InChI=1S/C23H33N3O5S/c1-12-18-17(13(2)27)21(29)26(18)19(22(30)31)20(12)32-14-9-15(24-11-14)23(5-6-23)10-16(28)25-7-3-4-8-25/h12-15,17-18,24,27H,3-11H2,1-2H3,(H,30,31)/t12-,13-,14+,15+,17-,18-/m1/s1. The molecule has 3 N–H and O–H groups in total. The maximum Gasteiger partial charge on any atom is 0.353 e. The van der Waals surface area contributed by atoms with Crippen molar-refractivity contribution in [3.63, 3.8) is 0 Å². The van der Waals surface area contributed by atoms with E-state index in [2.05, 4.69) is 5.32 Å². The van der Waals surface area contributed by atoms with E-state index in [1.807, 2.05) is 11.8 Å². The van der Waals surface area contributed by atoms with Crippen LogP contribution >= 0.6 is 11.8 Å². The molecule has 0 spiro atoms. The Morgan fingerprint density at radius 3 is 2.56 bits per heavy atom. The third-order valence-corrected chi connectivity index (χ3v) is 9.80. The summed E-state index contributed by atoms with van der Waals surface area (Å²) in [5.74, 6) is -1.71. The van der Waals surface area contributed by atoms with Gasteiger partial charge in [-0.2, -0.15) is 0 Å². The highest BCUT2D eigenvalue weighted by Gasteiger charge is 2.60. The molecule has 0 bridgehead atoms. The first-order chi connectivity index (χ1) is 15.2. The summed E-state index contributed by atoms with van der Waals surface area (Å²) in [6.07, 6.45) is 5.08. The van der Waals surface area contributed by atoms with Crippen LogP contribution in [0.4, 0.5) is 0 Å². The number of likely N-dealkylation sites (tertiary alicyclic amines) is 1. The third-order valence-electron chi connectivity index (χ3n) is 8.29. The molecule has 176 valence electrons. The quantitative estimate of drug-likeness (QED) is 0.490. The number of aliphatic hydroxyl groups excluding tert-OH is 1. The zero-order valence-electron chi connectivity index (χ0n) is 18.7. The zero-order valence-corrected chi connectivity index (χ0v) is 19.6. The molecular formula is C23H33N3O5S. The first kappa shape index (κ1) is 22.2. The van der Waals surface area contributed by atoms with Crippen molar-refractivity contribution < 1.29 is 24.6 Å². The number of aliphatic carboxylic acids is 1. The Bertz CT molecular complexity index is 864. The first-order valence-electron chi connectivity index (χ1n) is 11.9. The number of carbonyl (C=O) groups is 3. The molecule has 0 radical (unpaired) electrons. The maximum absolute atomic E-state index is 12.7. The van der Waals surface area contributed by atoms with E-state index in [1.54, 1.807) is 18.7 Å². The van der Waals surface area contributed by atoms with Gasteiger partial charge in [0.1, 0.15) is 5.70 Å². The average molecular weight is 464 g/mol. The summed E-state index contributed by atoms with van der Waals surface area (Å²) < 4.78 is 0. The number of hydrogen-bond donors (Lipinski definition) is 3. The SMILES string of the molecule is C[C@@H](O)[C@H]1C(=O)N2C(C(=O)O)=C(S[C@@H]3CN[C@H](C4(CC(=O)N5CCCC5)CC4)C3)[C@H](C)[C@H]12. The van der Waals surface area contributed by atoms with Crippen LogP contribution in [0.25, 0.3) is 0 Å². The number of carboxylic acid groups (broad SMARTS) is 1. The summed E-state index contributed by atoms with van der Waals surface area (Å²) in [6.45, 7) is 6.12. The van der Waals surface area contributed by atoms with Crippen molar-refractivity contribution >= 4 is 29.5 Å². The van der Waals surface area contributed by atoms with Gasteiger partial charge in [0, 0.05) is 48.2 Å². The number of aliphatic hydroxyl groups is 1. The molecule has 9 heteroatoms. The number of nitrogens with one attached hydrogen (secondary N) is 1. The Labute approximate surface area is 192 Å². The first-order valence-corrected chi connectivity index (χ1v) is 12.8. The van der Waals surface area contributed by atoms with Crippen LogP contribution in [0.5, 0.6) is 0 Å². The fraction of sp³-hybridized carbons (Fsp3) is 0.783. The number of carboxylic acids is 1. The topological polar surface area (TPSA) is 110 Å². The van der Waals surface area contributed by atoms with Gasteiger partial charge in [-0.1, -0.05) is 6.92 Å². The molecule has 6 atom stereocenters. The van der Waals surface area contributed by atoms with Crippen molar-refractivity contribution in [3.05, 3.63) is 10.6 Å². The normalized spacial score (nSPS) is 36.3. The smallest absolute Gasteiger partial charge is 0.353 e. The van der Waals surface area contributed by atoms with Crippen LogP contribution in [0.3, 0.4) is 0 Å². The molecule has 5 rings (SSSR count). The number of β-lactam (4-membered cyclic amide) rings is 1. The Morgan fingerprint density at radius 1 is 1.28 bits per heavy atom. The van der Waals surface area contributed by atoms with Crippen molar-refractivity contribution in [2.75, 3.05) is 19.6 Å². The molecule has 1 saturated carbocycles. The lowest BCUT2D eigenvalue weighted by Gasteiger charge is -2.46. The Kier molecular flexibility index (Phi) is 5.57. The molecule has 32 heavy (non-hydrogen) atoms. The maximum atomic E-state index is 12.7. The van der Waals surface area contributed by atoms with Gasteiger partial charge in [-0.05, 0) is 44.4 Å². The highest BCUT2D eigenvalue weighted by molar-refractivity contribution is 8.03. The van der Waals surface area contributed by atoms with Crippen LogP contribution in [0.15, 0.2) is 10.6 Å². The largest absolute Gasteiger partial charge is 0.477 e. The monoisotopic (exact) mass is 463 g/mol. The van der Waals surface area contributed by atoms with E-state index in [-0.39, 0.29) is 46.2 Å². The number of carbonyl (C=O) groups excluding carboxylic acids is 2. The van der Waals surface area contributed by atoms with Crippen LogP contribution in [-0.2, 0) is 14.4 Å². The minimum absolute atomic E-state index is 0.0518. The van der Waals surface area contributed by atoms with Gasteiger partial charge in [-0.3, -0.25) is 9.59 Å². The second kappa shape index (κ2) is 8.02. The fourth-order valence-corrected chi connectivity index (χ4v) is 7.79. The highest BCUT2D eigenvalue weighted by atomic mass is 32.2. The molecule has 3 saturated heterocycles. The summed E-state index contributed by atoms with van der Waals surface area (Å²) in [4.78, 5) is 41.5. The number of fused-ring (bicyclic) bond motifs is 1. The molecule has 4 heterocycles. The Morgan fingerprint density at radius 2 is 1.97 bits per heavy atom. The van der Waals surface area contributed by atoms with Crippen LogP contribution in [0, 0.1) is 17.3 Å².